The van der Waals surface area contributed by atoms with E-state index in [4.69, 9.17) is 12.2 Å². The fourth-order valence-electron chi connectivity index (χ4n) is 4.02. The zero-order valence-electron chi connectivity index (χ0n) is 17.9. The van der Waals surface area contributed by atoms with E-state index in [-0.39, 0.29) is 17.0 Å². The van der Waals surface area contributed by atoms with E-state index in [1.54, 1.807) is 23.4 Å². The summed E-state index contributed by atoms with van der Waals surface area (Å²) in [5.74, 6) is 0.698. The van der Waals surface area contributed by atoms with Gasteiger partial charge in [0, 0.05) is 32.2 Å². The van der Waals surface area contributed by atoms with Crippen LogP contribution in [0.2, 0.25) is 0 Å². The largest absolute Gasteiger partial charge is 0.357 e. The number of thiocarbonyl (C=S) groups is 1. The predicted octanol–water partition coefficient (Wildman–Crippen LogP) is 3.95. The van der Waals surface area contributed by atoms with Gasteiger partial charge in [-0.2, -0.15) is 5.26 Å². The highest BCUT2D eigenvalue weighted by molar-refractivity contribution is 8.26. The molecule has 3 heterocycles. The van der Waals surface area contributed by atoms with Crippen LogP contribution in [0.1, 0.15) is 62.1 Å². The first-order chi connectivity index (χ1) is 14.4. The summed E-state index contributed by atoms with van der Waals surface area (Å²) in [4.78, 5) is 30.3. The normalized spacial score (nSPS) is 18.8. The molecular formula is C22H28N4O2S2. The topological polar surface area (TPSA) is 69.3 Å². The van der Waals surface area contributed by atoms with Crippen LogP contribution in [0.5, 0.6) is 0 Å². The molecule has 2 fully saturated rings. The average molecular weight is 445 g/mol. The van der Waals surface area contributed by atoms with Crippen molar-refractivity contribution in [1.29, 1.82) is 5.26 Å². The van der Waals surface area contributed by atoms with Gasteiger partial charge in [0.05, 0.1) is 4.91 Å². The standard InChI is InChI=1S/C22H28N4O2S2/c1-4-5-12-26-21(28)18(30-22(26)29)13-16-15(2)17(14-23)20(27)24(3)19(16)25-10-8-6-7-9-11-25/h13H,4-12H2,1-3H3. The second-order valence-electron chi connectivity index (χ2n) is 7.80. The van der Waals surface area contributed by atoms with Gasteiger partial charge in [0.25, 0.3) is 11.5 Å². The summed E-state index contributed by atoms with van der Waals surface area (Å²) >= 11 is 6.74. The van der Waals surface area contributed by atoms with E-state index in [2.05, 4.69) is 17.9 Å². The minimum atomic E-state index is -0.290. The maximum atomic E-state index is 13.0. The van der Waals surface area contributed by atoms with Gasteiger partial charge in [-0.3, -0.25) is 19.1 Å². The summed E-state index contributed by atoms with van der Waals surface area (Å²) in [5.41, 5.74) is 1.23. The lowest BCUT2D eigenvalue weighted by Gasteiger charge is -2.28. The lowest BCUT2D eigenvalue weighted by Crippen LogP contribution is -2.34. The number of unbranched alkanes of at least 4 members (excludes halogenated alkanes) is 1. The Kier molecular flexibility index (Phi) is 7.37. The van der Waals surface area contributed by atoms with Crippen LogP contribution in [0.15, 0.2) is 9.70 Å². The molecule has 0 aliphatic carbocycles. The number of aromatic nitrogens is 1. The van der Waals surface area contributed by atoms with E-state index < -0.39 is 0 Å². The van der Waals surface area contributed by atoms with Crippen LogP contribution in [-0.2, 0) is 11.8 Å². The molecule has 1 aromatic heterocycles. The Morgan fingerprint density at radius 2 is 1.87 bits per heavy atom. The first-order valence-electron chi connectivity index (χ1n) is 10.5. The van der Waals surface area contributed by atoms with E-state index in [1.807, 2.05) is 6.08 Å². The molecular weight excluding hydrogens is 416 g/mol. The van der Waals surface area contributed by atoms with Crippen molar-refractivity contribution in [3.05, 3.63) is 31.9 Å². The number of nitrogens with zero attached hydrogens (tertiary/aromatic N) is 4. The molecule has 6 nitrogen and oxygen atoms in total. The smallest absolute Gasteiger partial charge is 0.270 e. The molecule has 2 aliphatic rings. The second-order valence-corrected chi connectivity index (χ2v) is 9.48. The average Bonchev–Trinajstić information content (AvgIpc) is 2.90. The molecule has 1 aromatic rings. The molecule has 0 radical (unpaired) electrons. The van der Waals surface area contributed by atoms with E-state index in [1.165, 1.54) is 24.6 Å². The predicted molar refractivity (Wildman–Crippen MR) is 127 cm³/mol. The minimum Gasteiger partial charge on any atom is -0.357 e. The van der Waals surface area contributed by atoms with Crippen LogP contribution in [0, 0.1) is 18.3 Å². The van der Waals surface area contributed by atoms with E-state index in [0.717, 1.165) is 50.2 Å². The van der Waals surface area contributed by atoms with Crippen molar-refractivity contribution in [3.8, 4) is 6.07 Å². The van der Waals surface area contributed by atoms with E-state index >= 15 is 0 Å². The number of carbonyl (C=O) groups excluding carboxylic acids is 1. The summed E-state index contributed by atoms with van der Waals surface area (Å²) in [6, 6.07) is 2.06. The van der Waals surface area contributed by atoms with Crippen molar-refractivity contribution in [1.82, 2.24) is 9.47 Å². The fourth-order valence-corrected chi connectivity index (χ4v) is 5.31. The number of pyridine rings is 1. The number of nitriles is 1. The maximum Gasteiger partial charge on any atom is 0.270 e. The Balaban J connectivity index is 2.13. The van der Waals surface area contributed by atoms with Crippen LogP contribution in [0.3, 0.4) is 0 Å². The first kappa shape index (κ1) is 22.6. The van der Waals surface area contributed by atoms with Crippen LogP contribution in [-0.4, -0.2) is 39.3 Å². The van der Waals surface area contributed by atoms with Gasteiger partial charge in [-0.15, -0.1) is 0 Å². The van der Waals surface area contributed by atoms with Crippen LogP contribution in [0.25, 0.3) is 6.08 Å². The van der Waals surface area contributed by atoms with E-state index in [0.29, 0.717) is 21.3 Å². The Morgan fingerprint density at radius 1 is 1.20 bits per heavy atom. The molecule has 0 saturated carbocycles. The molecule has 1 amide bonds. The second kappa shape index (κ2) is 9.80. The summed E-state index contributed by atoms with van der Waals surface area (Å²) in [6.45, 7) is 6.21. The lowest BCUT2D eigenvalue weighted by molar-refractivity contribution is -0.122. The SMILES string of the molecule is CCCCN1C(=O)C(=Cc2c(C)c(C#N)c(=O)n(C)c2N2CCCCCC2)SC1=S. The third-order valence-corrected chi connectivity index (χ3v) is 7.14. The van der Waals surface area contributed by atoms with Crippen LogP contribution in [0.4, 0.5) is 5.82 Å². The Labute approximate surface area is 187 Å². The van der Waals surface area contributed by atoms with Crippen LogP contribution < -0.4 is 10.5 Å². The Hall–Kier alpha value is -2.11. The molecule has 160 valence electrons. The van der Waals surface area contributed by atoms with Gasteiger partial charge in [-0.25, -0.2) is 0 Å². The zero-order valence-corrected chi connectivity index (χ0v) is 19.5. The van der Waals surface area contributed by atoms with Gasteiger partial charge in [0.2, 0.25) is 0 Å². The van der Waals surface area contributed by atoms with Gasteiger partial charge < -0.3 is 4.90 Å². The molecule has 30 heavy (non-hydrogen) atoms. The highest BCUT2D eigenvalue weighted by atomic mass is 32.2. The Bertz CT molecular complexity index is 982. The number of rotatable bonds is 5. The number of thioether (sulfide) groups is 1. The number of hydrogen-bond acceptors (Lipinski definition) is 6. The van der Waals surface area contributed by atoms with Gasteiger partial charge in [0.1, 0.15) is 21.8 Å². The first-order valence-corrected chi connectivity index (χ1v) is 11.8. The molecule has 8 heteroatoms. The third-order valence-electron chi connectivity index (χ3n) is 5.76. The van der Waals surface area contributed by atoms with Crippen molar-refractivity contribution < 1.29 is 4.79 Å². The molecule has 0 bridgehead atoms. The molecule has 0 atom stereocenters. The fraction of sp³-hybridized carbons (Fsp3) is 0.545. The Morgan fingerprint density at radius 3 is 2.47 bits per heavy atom. The van der Waals surface area contributed by atoms with Crippen molar-refractivity contribution >= 4 is 46.1 Å². The summed E-state index contributed by atoms with van der Waals surface area (Å²) < 4.78 is 2.14. The number of hydrogen-bond donors (Lipinski definition) is 0. The van der Waals surface area contributed by atoms with Crippen molar-refractivity contribution in [3.63, 3.8) is 0 Å². The molecule has 2 saturated heterocycles. The van der Waals surface area contributed by atoms with Crippen molar-refractivity contribution in [2.75, 3.05) is 24.5 Å². The van der Waals surface area contributed by atoms with Crippen molar-refractivity contribution in [2.24, 2.45) is 7.05 Å². The van der Waals surface area contributed by atoms with E-state index in [9.17, 15) is 14.9 Å². The number of carbonyl (C=O) groups is 1. The summed E-state index contributed by atoms with van der Waals surface area (Å²) in [7, 11) is 1.71. The molecule has 0 aromatic carbocycles. The maximum absolute atomic E-state index is 13.0. The van der Waals surface area contributed by atoms with Crippen molar-refractivity contribution in [2.45, 2.75) is 52.4 Å². The molecule has 0 N–H and O–H groups in total. The summed E-state index contributed by atoms with van der Waals surface area (Å²) in [5, 5.41) is 9.59. The zero-order chi connectivity index (χ0) is 21.8. The lowest BCUT2D eigenvalue weighted by atomic mass is 10.0. The minimum absolute atomic E-state index is 0.0907. The van der Waals surface area contributed by atoms with Crippen LogP contribution >= 0.6 is 24.0 Å². The van der Waals surface area contributed by atoms with Gasteiger partial charge in [0.15, 0.2) is 0 Å². The number of anilines is 1. The third kappa shape index (κ3) is 4.33. The number of amides is 1. The van der Waals surface area contributed by atoms with Gasteiger partial charge in [-0.1, -0.05) is 50.2 Å². The molecule has 0 unspecified atom stereocenters. The van der Waals surface area contributed by atoms with Gasteiger partial charge >= 0.3 is 0 Å². The quantitative estimate of drug-likeness (QED) is 0.506. The highest BCUT2D eigenvalue weighted by Gasteiger charge is 2.32. The monoisotopic (exact) mass is 444 g/mol. The molecule has 2 aliphatic heterocycles. The summed E-state index contributed by atoms with van der Waals surface area (Å²) in [6.07, 6.45) is 8.19. The molecule has 0 spiro atoms. The van der Waals surface area contributed by atoms with Gasteiger partial charge in [-0.05, 0) is 37.8 Å². The highest BCUT2D eigenvalue weighted by Crippen LogP contribution is 2.36. The molecule has 3 rings (SSSR count).